The molecule has 0 spiro atoms. The van der Waals surface area contributed by atoms with Crippen molar-refractivity contribution in [3.8, 4) is 0 Å². The van der Waals surface area contributed by atoms with Crippen LogP contribution in [0.15, 0.2) is 30.6 Å². The second kappa shape index (κ2) is 8.02. The highest BCUT2D eigenvalue weighted by atomic mass is 32.1. The first-order valence-electron chi connectivity index (χ1n) is 9.76. The van der Waals surface area contributed by atoms with Gasteiger partial charge in [-0.1, -0.05) is 25.7 Å². The van der Waals surface area contributed by atoms with E-state index in [-0.39, 0.29) is 24.7 Å². The van der Waals surface area contributed by atoms with Crippen molar-refractivity contribution in [3.63, 3.8) is 0 Å². The highest BCUT2D eigenvalue weighted by molar-refractivity contribution is 7.09. The number of rotatable bonds is 9. The second-order valence-corrected chi connectivity index (χ2v) is 15.0. The minimum absolute atomic E-state index is 0.141. The van der Waals surface area contributed by atoms with Gasteiger partial charge in [-0.05, 0) is 6.04 Å². The molecule has 29 heavy (non-hydrogen) atoms. The van der Waals surface area contributed by atoms with Crippen molar-refractivity contribution in [2.24, 2.45) is 0 Å². The van der Waals surface area contributed by atoms with Crippen molar-refractivity contribution >= 4 is 25.4 Å². The Bertz CT molecular complexity index is 893. The summed E-state index contributed by atoms with van der Waals surface area (Å²) in [5.74, 6) is 0.766. The van der Waals surface area contributed by atoms with Crippen LogP contribution in [0.25, 0.3) is 0 Å². The fraction of sp³-hybridized carbons (Fsp3) is 0.526. The van der Waals surface area contributed by atoms with Crippen molar-refractivity contribution in [2.45, 2.75) is 44.5 Å². The minimum Gasteiger partial charge on any atom is -0.361 e. The van der Waals surface area contributed by atoms with Crippen LogP contribution in [0.3, 0.4) is 0 Å². The number of carbonyl (C=O) groups is 1. The van der Waals surface area contributed by atoms with Crippen LogP contribution in [0.5, 0.6) is 0 Å². The van der Waals surface area contributed by atoms with Crippen LogP contribution in [0.4, 0.5) is 4.79 Å². The summed E-state index contributed by atoms with van der Waals surface area (Å²) in [6.07, 6.45) is 5.29. The molecule has 2 aromatic heterocycles. The summed E-state index contributed by atoms with van der Waals surface area (Å²) in [5.41, 5.74) is 2.70. The van der Waals surface area contributed by atoms with E-state index in [1.165, 1.54) is 5.06 Å². The van der Waals surface area contributed by atoms with E-state index < -0.39 is 8.07 Å². The summed E-state index contributed by atoms with van der Waals surface area (Å²) in [7, 11) is -1.14. The standard InChI is InChI=1S/C19H27N5O3SSi/c1-5-8-27-24-14-11-23(19(24)25)16(15-17(14)28-12-21-15)18-20-6-7-22(18)13-26-9-10-29(2,3)4/h5-7,12,14,16H,1,8-11,13H2,2-4H3/t14-,16?/m0/s1. The number of urea groups is 1. The van der Waals surface area contributed by atoms with Gasteiger partial charge in [-0.3, -0.25) is 4.84 Å². The molecular weight excluding hydrogens is 406 g/mol. The molecule has 10 heteroatoms. The Morgan fingerprint density at radius 1 is 1.38 bits per heavy atom. The Labute approximate surface area is 175 Å². The number of aromatic nitrogens is 3. The van der Waals surface area contributed by atoms with Crippen LogP contribution in [0.2, 0.25) is 25.7 Å². The summed E-state index contributed by atoms with van der Waals surface area (Å²) in [6, 6.07) is 0.463. The maximum absolute atomic E-state index is 13.1. The molecule has 2 amide bonds. The normalized spacial score (nSPS) is 21.0. The number of hydroxylamine groups is 2. The van der Waals surface area contributed by atoms with Crippen LogP contribution < -0.4 is 0 Å². The molecule has 1 unspecified atom stereocenters. The zero-order valence-electron chi connectivity index (χ0n) is 17.1. The Morgan fingerprint density at radius 3 is 2.97 bits per heavy atom. The molecule has 0 radical (unpaired) electrons. The molecule has 2 aliphatic heterocycles. The Kier molecular flexibility index (Phi) is 5.60. The van der Waals surface area contributed by atoms with Gasteiger partial charge in [0.25, 0.3) is 0 Å². The number of fused-ring (bicyclic) bond motifs is 4. The molecule has 4 heterocycles. The molecular formula is C19H27N5O3SSi. The topological polar surface area (TPSA) is 72.7 Å². The van der Waals surface area contributed by atoms with Crippen LogP contribution in [-0.2, 0) is 16.3 Å². The molecule has 156 valence electrons. The van der Waals surface area contributed by atoms with Crippen molar-refractivity contribution in [1.82, 2.24) is 24.5 Å². The number of hydrogen-bond acceptors (Lipinski definition) is 6. The first-order chi connectivity index (χ1) is 13.9. The highest BCUT2D eigenvalue weighted by Crippen LogP contribution is 2.47. The molecule has 8 nitrogen and oxygen atoms in total. The molecule has 4 rings (SSSR count). The molecule has 2 bridgehead atoms. The van der Waals surface area contributed by atoms with Gasteiger partial charge in [-0.15, -0.1) is 17.9 Å². The lowest BCUT2D eigenvalue weighted by Crippen LogP contribution is -2.36. The predicted molar refractivity (Wildman–Crippen MR) is 113 cm³/mol. The fourth-order valence-corrected chi connectivity index (χ4v) is 5.28. The monoisotopic (exact) mass is 433 g/mol. The lowest BCUT2D eigenvalue weighted by Gasteiger charge is -2.29. The minimum atomic E-state index is -1.14. The Hall–Kier alpha value is -2.01. The smallest absolute Gasteiger partial charge is 0.345 e. The zero-order valence-corrected chi connectivity index (χ0v) is 18.9. The van der Waals surface area contributed by atoms with Crippen molar-refractivity contribution < 1.29 is 14.4 Å². The lowest BCUT2D eigenvalue weighted by atomic mass is 10.0. The first kappa shape index (κ1) is 20.3. The van der Waals surface area contributed by atoms with Crippen LogP contribution in [0, 0.1) is 0 Å². The number of ether oxygens (including phenoxy) is 1. The molecule has 1 saturated heterocycles. The third-order valence-corrected chi connectivity index (χ3v) is 7.78. The summed E-state index contributed by atoms with van der Waals surface area (Å²) < 4.78 is 7.90. The quantitative estimate of drug-likeness (QED) is 0.343. The molecule has 0 aromatic carbocycles. The summed E-state index contributed by atoms with van der Waals surface area (Å²) >= 11 is 1.55. The van der Waals surface area contributed by atoms with E-state index in [1.54, 1.807) is 28.5 Å². The van der Waals surface area contributed by atoms with Gasteiger partial charge in [0, 0.05) is 27.1 Å². The zero-order chi connectivity index (χ0) is 20.6. The van der Waals surface area contributed by atoms with E-state index in [0.29, 0.717) is 13.3 Å². The van der Waals surface area contributed by atoms with E-state index in [1.807, 2.05) is 16.3 Å². The maximum Gasteiger partial charge on any atom is 0.345 e. The SMILES string of the molecule is C=CCON1C(=O)N2C[C@H]1c1scnc1C2c1nccn1COCC[Si](C)(C)C. The van der Waals surface area contributed by atoms with E-state index in [2.05, 4.69) is 36.2 Å². The number of carbonyl (C=O) groups excluding carboxylic acids is 1. The lowest BCUT2D eigenvalue weighted by molar-refractivity contribution is -0.118. The second-order valence-electron chi connectivity index (χ2n) is 8.47. The van der Waals surface area contributed by atoms with E-state index in [9.17, 15) is 4.79 Å². The molecule has 0 saturated carbocycles. The Balaban J connectivity index is 1.57. The molecule has 2 aromatic rings. The van der Waals surface area contributed by atoms with E-state index in [0.717, 1.165) is 29.0 Å². The third kappa shape index (κ3) is 3.89. The number of imidazole rings is 1. The number of hydrogen-bond donors (Lipinski definition) is 0. The first-order valence-corrected chi connectivity index (χ1v) is 14.3. The van der Waals surface area contributed by atoms with Gasteiger partial charge in [-0.2, -0.15) is 5.06 Å². The Morgan fingerprint density at radius 2 is 2.21 bits per heavy atom. The van der Waals surface area contributed by atoms with Crippen LogP contribution in [-0.4, -0.2) is 58.4 Å². The number of amides is 2. The van der Waals surface area contributed by atoms with Gasteiger partial charge in [0.05, 0.1) is 29.2 Å². The number of nitrogens with zero attached hydrogens (tertiary/aromatic N) is 5. The van der Waals surface area contributed by atoms with Crippen molar-refractivity contribution in [1.29, 1.82) is 0 Å². The predicted octanol–water partition coefficient (Wildman–Crippen LogP) is 3.65. The largest absolute Gasteiger partial charge is 0.361 e. The third-order valence-electron chi connectivity index (χ3n) is 5.13. The average molecular weight is 434 g/mol. The average Bonchev–Trinajstić information content (AvgIpc) is 3.38. The van der Waals surface area contributed by atoms with Crippen molar-refractivity contribution in [2.75, 3.05) is 19.8 Å². The molecule has 1 fully saturated rings. The summed E-state index contributed by atoms with van der Waals surface area (Å²) in [4.78, 5) is 30.7. The summed E-state index contributed by atoms with van der Waals surface area (Å²) in [5, 5.41) is 1.45. The molecule has 0 aliphatic carbocycles. The van der Waals surface area contributed by atoms with Gasteiger partial charge in [0.15, 0.2) is 0 Å². The van der Waals surface area contributed by atoms with Gasteiger partial charge < -0.3 is 14.2 Å². The van der Waals surface area contributed by atoms with Gasteiger partial charge in [0.1, 0.15) is 24.6 Å². The van der Waals surface area contributed by atoms with Gasteiger partial charge in [0.2, 0.25) is 0 Å². The van der Waals surface area contributed by atoms with Gasteiger partial charge in [-0.25, -0.2) is 14.8 Å². The molecule has 2 aliphatic rings. The molecule has 2 atom stereocenters. The molecule has 0 N–H and O–H groups in total. The van der Waals surface area contributed by atoms with E-state index >= 15 is 0 Å². The van der Waals surface area contributed by atoms with Crippen LogP contribution in [0.1, 0.15) is 28.5 Å². The fourth-order valence-electron chi connectivity index (χ4n) is 3.63. The van der Waals surface area contributed by atoms with Crippen molar-refractivity contribution in [3.05, 3.63) is 47.0 Å². The number of thiazole rings is 1. The van der Waals surface area contributed by atoms with Gasteiger partial charge >= 0.3 is 6.03 Å². The summed E-state index contributed by atoms with van der Waals surface area (Å²) in [6.45, 7) is 12.7. The van der Waals surface area contributed by atoms with Crippen LogP contribution >= 0.6 is 11.3 Å². The highest BCUT2D eigenvalue weighted by Gasteiger charge is 2.51. The maximum atomic E-state index is 13.1. The van der Waals surface area contributed by atoms with E-state index in [4.69, 9.17) is 9.57 Å².